The average Bonchev–Trinajstić information content (AvgIpc) is 3.68. The molecule has 0 aliphatic carbocycles. The van der Waals surface area contributed by atoms with E-state index in [2.05, 4.69) is 26.4 Å². The van der Waals surface area contributed by atoms with Crippen LogP contribution in [0.3, 0.4) is 0 Å². The van der Waals surface area contributed by atoms with E-state index in [1.54, 1.807) is 106 Å². The zero-order chi connectivity index (χ0) is 65.8. The fourth-order valence-electron chi connectivity index (χ4n) is 10.3. The van der Waals surface area contributed by atoms with Crippen molar-refractivity contribution in [3.8, 4) is 28.5 Å². The van der Waals surface area contributed by atoms with Crippen molar-refractivity contribution in [2.24, 2.45) is 16.2 Å². The monoisotopic (exact) mass is 1240 g/mol. The van der Waals surface area contributed by atoms with E-state index in [0.29, 0.717) is 61.3 Å². The number of benzene rings is 4. The zero-order valence-electron chi connectivity index (χ0n) is 54.1. The molecule has 0 spiro atoms. The predicted molar refractivity (Wildman–Crippen MR) is 340 cm³/mol. The fraction of sp³-hybridized carbons (Fsp3) is 0.478. The number of ether oxygens (including phenoxy) is 6. The average molecular weight is 1240 g/mol. The first-order valence-electron chi connectivity index (χ1n) is 30.6. The van der Waals surface area contributed by atoms with Gasteiger partial charge < -0.3 is 54.4 Å². The Morgan fingerprint density at radius 2 is 1.37 bits per heavy atom. The van der Waals surface area contributed by atoms with E-state index >= 15 is 0 Å². The Bertz CT molecular complexity index is 3190. The van der Waals surface area contributed by atoms with Crippen LogP contribution in [0.4, 0.5) is 9.59 Å². The Hall–Kier alpha value is -8.56. The number of ketones is 1. The number of hydrogen-bond donors (Lipinski definition) is 5. The lowest BCUT2D eigenvalue weighted by Crippen LogP contribution is -2.61. The molecule has 5 N–H and O–H groups in total. The second kappa shape index (κ2) is 32.8. The highest BCUT2D eigenvalue weighted by molar-refractivity contribution is 6.38. The molecule has 21 nitrogen and oxygen atoms in total. The second-order valence-electron chi connectivity index (χ2n) is 25.3. The molecule has 1 saturated heterocycles. The Morgan fingerprint density at radius 3 is 2.01 bits per heavy atom. The number of methoxy groups -OCH3 is 3. The quantitative estimate of drug-likeness (QED) is 0.00982. The largest absolute Gasteiger partial charge is 0.493 e. The van der Waals surface area contributed by atoms with Crippen molar-refractivity contribution in [3.63, 3.8) is 0 Å². The molecule has 6 rings (SSSR count). The molecule has 0 unspecified atom stereocenters. The van der Waals surface area contributed by atoms with Gasteiger partial charge in [0, 0.05) is 36.8 Å². The second-order valence-corrected chi connectivity index (χ2v) is 25.3. The number of carbonyl (C=O) groups excluding carboxylic acids is 7. The lowest BCUT2D eigenvalue weighted by molar-refractivity contribution is -0.164. The number of hydrazine groups is 1. The van der Waals surface area contributed by atoms with Gasteiger partial charge in [-0.05, 0) is 114 Å². The minimum Gasteiger partial charge on any atom is -0.493 e. The number of alkyl carbamates (subject to hydrolysis) is 2. The fourth-order valence-corrected chi connectivity index (χ4v) is 10.3. The number of hydrogen-bond acceptors (Lipinski definition) is 16. The van der Waals surface area contributed by atoms with Crippen molar-refractivity contribution >= 4 is 41.7 Å². The van der Waals surface area contributed by atoms with Crippen LogP contribution in [-0.4, -0.2) is 140 Å². The minimum atomic E-state index is -1.33. The molecule has 2 heterocycles. The molecular formula is C69H91N7O14. The third-order valence-corrected chi connectivity index (χ3v) is 16.0. The van der Waals surface area contributed by atoms with Crippen molar-refractivity contribution in [3.05, 3.63) is 144 Å². The number of aromatic nitrogens is 1. The predicted octanol–water partition coefficient (Wildman–Crippen LogP) is 9.28. The summed E-state index contributed by atoms with van der Waals surface area (Å²) in [5.41, 5.74) is 5.05. The summed E-state index contributed by atoms with van der Waals surface area (Å²) in [6.07, 6.45) is 0.886. The molecule has 5 aromatic rings. The molecule has 6 atom stereocenters. The summed E-state index contributed by atoms with van der Waals surface area (Å²) in [4.78, 5) is 102. The summed E-state index contributed by atoms with van der Waals surface area (Å²) in [5.74, 6) is -1.57. The van der Waals surface area contributed by atoms with E-state index < -0.39 is 94.3 Å². The van der Waals surface area contributed by atoms with Gasteiger partial charge in [-0.15, -0.1) is 0 Å². The topological polar surface area (TPSA) is 263 Å². The zero-order valence-corrected chi connectivity index (χ0v) is 54.1. The maximum Gasteiger partial charge on any atom is 0.407 e. The smallest absolute Gasteiger partial charge is 0.407 e. The number of rotatable bonds is 29. The Kier molecular flexibility index (Phi) is 25.7. The van der Waals surface area contributed by atoms with Crippen LogP contribution in [0.25, 0.3) is 11.3 Å². The number of Topliss-reactive ketones (excluding diaryl/α,β-unsaturated/α-hetero) is 1. The third-order valence-electron chi connectivity index (χ3n) is 16.0. The normalized spacial score (nSPS) is 15.2. The molecule has 1 aliphatic rings. The maximum absolute atomic E-state index is 14.6. The summed E-state index contributed by atoms with van der Waals surface area (Å²) in [6, 6.07) is 30.8. The van der Waals surface area contributed by atoms with Crippen LogP contribution >= 0.6 is 0 Å². The number of likely N-dealkylation sites (tertiary alicyclic amines) is 1. The first-order chi connectivity index (χ1) is 42.7. The van der Waals surface area contributed by atoms with Crippen molar-refractivity contribution in [2.45, 2.75) is 150 Å². The number of carbonyl (C=O) groups is 7. The van der Waals surface area contributed by atoms with E-state index in [1.807, 2.05) is 91.9 Å². The number of pyridine rings is 1. The molecule has 21 heteroatoms. The lowest BCUT2D eigenvalue weighted by Gasteiger charge is -2.36. The van der Waals surface area contributed by atoms with Crippen LogP contribution < -0.4 is 35.6 Å². The van der Waals surface area contributed by atoms with Gasteiger partial charge in [0.15, 0.2) is 11.5 Å². The molecule has 90 heavy (non-hydrogen) atoms. The SMILES string of the molecule is CCC(C)(C)C(=O)C(=O)N1CCCC[C@H]1C(=O)O[C@H](CCc1ccc(OC)c(OC)c1)c1cccc(OCCOC(=O)N[C@H](C(=O)N[C@@H](Cc2ccccc2)[C@@H](O)CN(Cc2ccc(-c3ccccn3)cc2)NC(=O)[C@@H](NC(=O)OC)C(C)(C)C)C(C)(C)C)c1. The highest BCUT2D eigenvalue weighted by atomic mass is 16.6. The molecule has 5 amide bonds. The van der Waals surface area contributed by atoms with E-state index in [9.17, 15) is 38.7 Å². The Morgan fingerprint density at radius 1 is 0.700 bits per heavy atom. The molecular weight excluding hydrogens is 1150 g/mol. The number of esters is 1. The van der Waals surface area contributed by atoms with E-state index in [1.165, 1.54) is 17.0 Å². The Labute approximate surface area is 529 Å². The summed E-state index contributed by atoms with van der Waals surface area (Å²) >= 11 is 0. The molecule has 0 radical (unpaired) electrons. The Balaban J connectivity index is 1.15. The van der Waals surface area contributed by atoms with E-state index in [0.717, 1.165) is 27.9 Å². The van der Waals surface area contributed by atoms with E-state index in [4.69, 9.17) is 28.4 Å². The first-order valence-corrected chi connectivity index (χ1v) is 30.6. The molecule has 0 saturated carbocycles. The van der Waals surface area contributed by atoms with Gasteiger partial charge in [0.2, 0.25) is 11.7 Å². The number of nitrogens with one attached hydrogen (secondary N) is 4. The lowest BCUT2D eigenvalue weighted by atomic mass is 9.84. The van der Waals surface area contributed by atoms with Gasteiger partial charge in [0.05, 0.1) is 39.2 Å². The maximum atomic E-state index is 14.6. The van der Waals surface area contributed by atoms with Gasteiger partial charge in [0.25, 0.3) is 11.8 Å². The van der Waals surface area contributed by atoms with Gasteiger partial charge in [0.1, 0.15) is 43.2 Å². The van der Waals surface area contributed by atoms with Crippen molar-refractivity contribution in [1.82, 2.24) is 36.3 Å². The summed E-state index contributed by atoms with van der Waals surface area (Å²) < 4.78 is 33.9. The van der Waals surface area contributed by atoms with Crippen LogP contribution in [0, 0.1) is 16.2 Å². The standard InChI is InChI=1S/C69H91N7O14/c1-13-69(8,9)60(78)63(81)76-37-20-18-27-53(76)64(82)90-55(34-30-46-31-35-56(85-10)57(41-46)86-11)49-24-21-25-50(42-49)88-38-39-89-66(84)73-58(67(2,3)4)61(79)71-52(40-45-22-15-14-16-23-45)54(77)44-75(74-62(80)59(68(5,6)7)72-65(83)87-12)43-47-28-32-48(33-29-47)51-26-17-19-36-70-51/h14-17,19,21-26,28-29,31-33,35-36,41-42,52-55,58-59,77H,13,18,20,27,30,34,37-40,43-44H2,1-12H3,(H,71,79)(H,72,83)(H,73,84)(H,74,80)/t52-,53-,54-,55+,58+,59+/m0/s1. The first kappa shape index (κ1) is 70.5. The summed E-state index contributed by atoms with van der Waals surface area (Å²) in [5, 5.41) is 22.2. The summed E-state index contributed by atoms with van der Waals surface area (Å²) in [6.45, 7) is 15.8. The van der Waals surface area contributed by atoms with Crippen LogP contribution in [0.2, 0.25) is 0 Å². The molecule has 1 fully saturated rings. The number of piperidine rings is 1. The molecule has 1 aromatic heterocycles. The van der Waals surface area contributed by atoms with Gasteiger partial charge >= 0.3 is 18.2 Å². The van der Waals surface area contributed by atoms with Crippen molar-refractivity contribution in [1.29, 1.82) is 0 Å². The number of aliphatic hydroxyl groups is 1. The van der Waals surface area contributed by atoms with Crippen LogP contribution in [0.15, 0.2) is 121 Å². The third kappa shape index (κ3) is 20.5. The highest BCUT2D eigenvalue weighted by Gasteiger charge is 2.42. The number of aryl methyl sites for hydroxylation is 1. The van der Waals surface area contributed by atoms with Gasteiger partial charge in [-0.1, -0.05) is 141 Å². The molecule has 1 aliphatic heterocycles. The molecule has 4 aromatic carbocycles. The minimum absolute atomic E-state index is 0.101. The number of aliphatic hydroxyl groups excluding tert-OH is 1. The number of amides is 5. The molecule has 0 bridgehead atoms. The van der Waals surface area contributed by atoms with Crippen LogP contribution in [0.5, 0.6) is 17.2 Å². The summed E-state index contributed by atoms with van der Waals surface area (Å²) in [7, 11) is 4.31. The van der Waals surface area contributed by atoms with Crippen molar-refractivity contribution < 1.29 is 67.1 Å². The highest BCUT2D eigenvalue weighted by Crippen LogP contribution is 2.33. The van der Waals surface area contributed by atoms with Crippen LogP contribution in [-0.2, 0) is 57.6 Å². The van der Waals surface area contributed by atoms with Gasteiger partial charge in [-0.25, -0.2) is 19.4 Å². The van der Waals surface area contributed by atoms with Crippen molar-refractivity contribution in [2.75, 3.05) is 47.6 Å². The van der Waals surface area contributed by atoms with Gasteiger partial charge in [-0.2, -0.15) is 0 Å². The van der Waals surface area contributed by atoms with Crippen LogP contribution in [0.1, 0.15) is 123 Å². The van der Waals surface area contributed by atoms with Gasteiger partial charge in [-0.3, -0.25) is 29.6 Å². The molecule has 486 valence electrons. The number of nitrogens with zero attached hydrogens (tertiary/aromatic N) is 3. The van der Waals surface area contributed by atoms with E-state index in [-0.39, 0.29) is 39.3 Å².